The Kier molecular flexibility index (Phi) is 1.88. The van der Waals surface area contributed by atoms with Gasteiger partial charge in [0.05, 0.1) is 6.10 Å². The van der Waals surface area contributed by atoms with Crippen LogP contribution in [0.1, 0.15) is 19.3 Å². The van der Waals surface area contributed by atoms with E-state index >= 15 is 0 Å². The molecule has 1 aliphatic rings. The second kappa shape index (κ2) is 2.50. The summed E-state index contributed by atoms with van der Waals surface area (Å²) in [7, 11) is 0. The fourth-order valence-electron chi connectivity index (χ4n) is 1.12. The third-order valence-electron chi connectivity index (χ3n) is 1.78. The average Bonchev–Trinajstić information content (AvgIpc) is 1.83. The van der Waals surface area contributed by atoms with Crippen LogP contribution in [0.3, 0.4) is 0 Å². The topological polar surface area (TPSA) is 40.5 Å². The molecule has 0 radical (unpaired) electrons. The third kappa shape index (κ3) is 1.32. The molecule has 9 heavy (non-hydrogen) atoms. The molecule has 0 heterocycles. The molecule has 0 aromatic carbocycles. The van der Waals surface area contributed by atoms with Crippen molar-refractivity contribution in [3.63, 3.8) is 0 Å². The van der Waals surface area contributed by atoms with Crippen LogP contribution in [-0.2, 0) is 0 Å². The lowest BCUT2D eigenvalue weighted by molar-refractivity contribution is 0.0219. The molecular weight excluding hydrogens is 116 g/mol. The van der Waals surface area contributed by atoms with Crippen LogP contribution in [0.4, 0.5) is 0 Å². The monoisotopic (exact) mass is 128 g/mol. The van der Waals surface area contributed by atoms with Crippen molar-refractivity contribution in [3.05, 3.63) is 12.2 Å². The van der Waals surface area contributed by atoms with Crippen molar-refractivity contribution in [1.82, 2.24) is 0 Å². The zero-order valence-corrected chi connectivity index (χ0v) is 5.38. The molecule has 2 atom stereocenters. The Labute approximate surface area is 54.8 Å². The first-order chi connectivity index (χ1) is 4.22. The van der Waals surface area contributed by atoms with Gasteiger partial charge in [-0.25, -0.2) is 0 Å². The molecule has 1 fully saturated rings. The maximum atomic E-state index is 9.10. The summed E-state index contributed by atoms with van der Waals surface area (Å²) in [5, 5.41) is 18.1. The van der Waals surface area contributed by atoms with Gasteiger partial charge in [-0.05, 0) is 24.8 Å². The molecule has 52 valence electrons. The summed E-state index contributed by atoms with van der Waals surface area (Å²) in [6.45, 7) is 3.64. The van der Waals surface area contributed by atoms with Crippen LogP contribution >= 0.6 is 0 Å². The molecule has 0 spiro atoms. The highest BCUT2D eigenvalue weighted by molar-refractivity contribution is 5.07. The fourth-order valence-corrected chi connectivity index (χ4v) is 1.12. The minimum atomic E-state index is -0.668. The quantitative estimate of drug-likeness (QED) is 0.465. The number of aliphatic hydroxyl groups excluding tert-OH is 2. The Bertz CT molecular complexity index is 120. The van der Waals surface area contributed by atoms with Crippen molar-refractivity contribution >= 4 is 0 Å². The lowest BCUT2D eigenvalue weighted by Crippen LogP contribution is -2.30. The zero-order chi connectivity index (χ0) is 6.85. The van der Waals surface area contributed by atoms with Crippen LogP contribution in [0.2, 0.25) is 0 Å². The normalized spacial score (nSPS) is 36.9. The molecule has 2 heteroatoms. The van der Waals surface area contributed by atoms with Crippen molar-refractivity contribution in [2.45, 2.75) is 31.5 Å². The van der Waals surface area contributed by atoms with E-state index in [1.54, 1.807) is 0 Å². The summed E-state index contributed by atoms with van der Waals surface area (Å²) in [6, 6.07) is 0. The summed E-state index contributed by atoms with van der Waals surface area (Å²) in [6.07, 6.45) is 1.29. The SMILES string of the molecule is C=C1CCC[C@@H](O)[C@@H]1O. The maximum Gasteiger partial charge on any atom is 0.101 e. The zero-order valence-electron chi connectivity index (χ0n) is 5.38. The lowest BCUT2D eigenvalue weighted by Gasteiger charge is -2.24. The highest BCUT2D eigenvalue weighted by atomic mass is 16.3. The Morgan fingerprint density at radius 1 is 1.44 bits per heavy atom. The van der Waals surface area contributed by atoms with E-state index in [4.69, 9.17) is 10.2 Å². The van der Waals surface area contributed by atoms with Gasteiger partial charge in [0.1, 0.15) is 6.10 Å². The van der Waals surface area contributed by atoms with E-state index in [1.165, 1.54) is 0 Å². The van der Waals surface area contributed by atoms with Gasteiger partial charge in [-0.3, -0.25) is 0 Å². The third-order valence-corrected chi connectivity index (χ3v) is 1.78. The van der Waals surface area contributed by atoms with E-state index in [0.29, 0.717) is 6.42 Å². The Morgan fingerprint density at radius 3 is 2.56 bits per heavy atom. The van der Waals surface area contributed by atoms with Crippen LogP contribution < -0.4 is 0 Å². The first-order valence-electron chi connectivity index (χ1n) is 3.25. The summed E-state index contributed by atoms with van der Waals surface area (Å²) >= 11 is 0. The predicted octanol–water partition coefficient (Wildman–Crippen LogP) is 0.448. The van der Waals surface area contributed by atoms with Gasteiger partial charge in [0, 0.05) is 0 Å². The van der Waals surface area contributed by atoms with E-state index in [1.807, 2.05) is 0 Å². The maximum absolute atomic E-state index is 9.10. The van der Waals surface area contributed by atoms with Crippen LogP contribution in [0, 0.1) is 0 Å². The largest absolute Gasteiger partial charge is 0.390 e. The Morgan fingerprint density at radius 2 is 2.11 bits per heavy atom. The molecule has 0 bridgehead atoms. The van der Waals surface area contributed by atoms with Gasteiger partial charge < -0.3 is 10.2 Å². The first kappa shape index (κ1) is 6.78. The van der Waals surface area contributed by atoms with Crippen LogP contribution in [0.5, 0.6) is 0 Å². The van der Waals surface area contributed by atoms with E-state index < -0.39 is 12.2 Å². The number of rotatable bonds is 0. The number of hydrogen-bond acceptors (Lipinski definition) is 2. The fraction of sp³-hybridized carbons (Fsp3) is 0.714. The molecule has 0 aromatic rings. The molecule has 0 amide bonds. The minimum absolute atomic E-state index is 0.564. The Balaban J connectivity index is 2.51. The molecule has 1 saturated carbocycles. The standard InChI is InChI=1S/C7H12O2/c1-5-3-2-4-6(8)7(5)9/h6-9H,1-4H2/t6-,7-/m1/s1. The van der Waals surface area contributed by atoms with E-state index in [9.17, 15) is 0 Å². The highest BCUT2D eigenvalue weighted by Crippen LogP contribution is 2.21. The molecule has 1 rings (SSSR count). The molecule has 2 N–H and O–H groups in total. The van der Waals surface area contributed by atoms with Crippen molar-refractivity contribution in [2.24, 2.45) is 0 Å². The molecular formula is C7H12O2. The van der Waals surface area contributed by atoms with E-state index in [2.05, 4.69) is 6.58 Å². The second-order valence-electron chi connectivity index (χ2n) is 2.56. The molecule has 0 aliphatic heterocycles. The highest BCUT2D eigenvalue weighted by Gasteiger charge is 2.22. The van der Waals surface area contributed by atoms with Crippen molar-refractivity contribution in [1.29, 1.82) is 0 Å². The molecule has 2 nitrogen and oxygen atoms in total. The number of aliphatic hydroxyl groups is 2. The van der Waals surface area contributed by atoms with Crippen LogP contribution in [0.25, 0.3) is 0 Å². The summed E-state index contributed by atoms with van der Waals surface area (Å²) in [5.41, 5.74) is 0.772. The van der Waals surface area contributed by atoms with Gasteiger partial charge in [-0.2, -0.15) is 0 Å². The van der Waals surface area contributed by atoms with Crippen molar-refractivity contribution < 1.29 is 10.2 Å². The van der Waals surface area contributed by atoms with Crippen LogP contribution in [-0.4, -0.2) is 22.4 Å². The molecule has 0 unspecified atom stereocenters. The second-order valence-corrected chi connectivity index (χ2v) is 2.56. The lowest BCUT2D eigenvalue weighted by atomic mass is 9.91. The van der Waals surface area contributed by atoms with Crippen molar-refractivity contribution in [2.75, 3.05) is 0 Å². The summed E-state index contributed by atoms with van der Waals surface area (Å²) in [4.78, 5) is 0. The summed E-state index contributed by atoms with van der Waals surface area (Å²) < 4.78 is 0. The van der Waals surface area contributed by atoms with E-state index in [-0.39, 0.29) is 0 Å². The molecule has 0 saturated heterocycles. The minimum Gasteiger partial charge on any atom is -0.390 e. The Hall–Kier alpha value is -0.340. The molecule has 1 aliphatic carbocycles. The van der Waals surface area contributed by atoms with E-state index in [0.717, 1.165) is 18.4 Å². The van der Waals surface area contributed by atoms with Gasteiger partial charge in [0.15, 0.2) is 0 Å². The van der Waals surface area contributed by atoms with Gasteiger partial charge >= 0.3 is 0 Å². The summed E-state index contributed by atoms with van der Waals surface area (Å²) in [5.74, 6) is 0. The van der Waals surface area contributed by atoms with Gasteiger partial charge in [0.2, 0.25) is 0 Å². The van der Waals surface area contributed by atoms with Gasteiger partial charge in [-0.15, -0.1) is 0 Å². The number of hydrogen-bond donors (Lipinski definition) is 2. The average molecular weight is 128 g/mol. The molecule has 0 aromatic heterocycles. The van der Waals surface area contributed by atoms with Crippen molar-refractivity contribution in [3.8, 4) is 0 Å². The van der Waals surface area contributed by atoms with Gasteiger partial charge in [-0.1, -0.05) is 6.58 Å². The first-order valence-corrected chi connectivity index (χ1v) is 3.25. The van der Waals surface area contributed by atoms with Crippen LogP contribution in [0.15, 0.2) is 12.2 Å². The smallest absolute Gasteiger partial charge is 0.101 e. The van der Waals surface area contributed by atoms with Gasteiger partial charge in [0.25, 0.3) is 0 Å². The predicted molar refractivity (Wildman–Crippen MR) is 35.0 cm³/mol.